The molecule has 128 valence electrons. The fourth-order valence-electron chi connectivity index (χ4n) is 3.64. The van der Waals surface area contributed by atoms with Crippen molar-refractivity contribution in [2.45, 2.75) is 25.4 Å². The molecule has 25 heavy (non-hydrogen) atoms. The maximum atomic E-state index is 12.5. The van der Waals surface area contributed by atoms with E-state index in [1.54, 1.807) is 11.6 Å². The molecule has 3 aromatic rings. The molecule has 1 N–H and O–H groups in total. The third-order valence-corrected chi connectivity index (χ3v) is 5.11. The molecule has 0 saturated heterocycles. The minimum atomic E-state index is -0.185. The lowest BCUT2D eigenvalue weighted by Gasteiger charge is -2.14. The first kappa shape index (κ1) is 16.0. The van der Waals surface area contributed by atoms with Gasteiger partial charge in [0.15, 0.2) is 0 Å². The van der Waals surface area contributed by atoms with Crippen LogP contribution in [0.5, 0.6) is 0 Å². The van der Waals surface area contributed by atoms with Crippen LogP contribution in [0.4, 0.5) is 0 Å². The molecule has 1 aliphatic rings. The highest BCUT2D eigenvalue weighted by Crippen LogP contribution is 2.32. The Balaban J connectivity index is 1.57. The van der Waals surface area contributed by atoms with Gasteiger partial charge in [0.2, 0.25) is 5.91 Å². The minimum Gasteiger partial charge on any atom is -0.348 e. The normalized spacial score (nSPS) is 16.2. The monoisotopic (exact) mass is 355 g/mol. The Morgan fingerprint density at radius 1 is 1.24 bits per heavy atom. The molecule has 0 fully saturated rings. The predicted octanol–water partition coefficient (Wildman–Crippen LogP) is 2.80. The summed E-state index contributed by atoms with van der Waals surface area (Å²) in [7, 11) is 1.72. The van der Waals surface area contributed by atoms with Crippen molar-refractivity contribution < 1.29 is 4.79 Å². The third kappa shape index (κ3) is 2.74. The van der Waals surface area contributed by atoms with Gasteiger partial charge < -0.3 is 5.32 Å². The molecule has 1 unspecified atom stereocenters. The third-order valence-electron chi connectivity index (χ3n) is 4.87. The molecule has 0 aliphatic heterocycles. The van der Waals surface area contributed by atoms with Crippen molar-refractivity contribution in [3.05, 3.63) is 69.1 Å². The van der Waals surface area contributed by atoms with Crippen molar-refractivity contribution in [3.8, 4) is 0 Å². The highest BCUT2D eigenvalue weighted by Gasteiger charge is 2.24. The zero-order valence-electron chi connectivity index (χ0n) is 13.8. The number of imidazole rings is 1. The number of aromatic nitrogens is 2. The summed E-state index contributed by atoms with van der Waals surface area (Å²) >= 11 is 6.03. The van der Waals surface area contributed by atoms with Crippen LogP contribution in [0.1, 0.15) is 23.6 Å². The molecule has 5 nitrogen and oxygen atoms in total. The van der Waals surface area contributed by atoms with Crippen molar-refractivity contribution in [1.29, 1.82) is 0 Å². The Morgan fingerprint density at radius 2 is 2.00 bits per heavy atom. The van der Waals surface area contributed by atoms with Gasteiger partial charge in [-0.25, -0.2) is 4.79 Å². The number of fused-ring (bicyclic) bond motifs is 2. The van der Waals surface area contributed by atoms with E-state index in [0.29, 0.717) is 5.02 Å². The molecule has 0 bridgehead atoms. The SMILES string of the molecule is Cn1c(=O)n(CC(=O)NC2CCc3cc(Cl)ccc32)c2ccccc21. The second kappa shape index (κ2) is 6.08. The van der Waals surface area contributed by atoms with E-state index < -0.39 is 0 Å². The number of amides is 1. The van der Waals surface area contributed by atoms with Crippen LogP contribution in [0.2, 0.25) is 5.02 Å². The number of nitrogens with zero attached hydrogens (tertiary/aromatic N) is 2. The molecule has 1 atom stereocenters. The Kier molecular flexibility index (Phi) is 3.88. The van der Waals surface area contributed by atoms with Crippen LogP contribution in [0.25, 0.3) is 11.0 Å². The lowest BCUT2D eigenvalue weighted by atomic mass is 10.1. The minimum absolute atomic E-state index is 0.0135. The Labute approximate surface area is 149 Å². The fraction of sp³-hybridized carbons (Fsp3) is 0.263. The first-order valence-electron chi connectivity index (χ1n) is 8.26. The maximum absolute atomic E-state index is 12.5. The Bertz CT molecular complexity index is 1030. The van der Waals surface area contributed by atoms with E-state index in [0.717, 1.165) is 29.4 Å². The molecule has 0 radical (unpaired) electrons. The fourth-order valence-corrected chi connectivity index (χ4v) is 3.83. The number of nitrogens with one attached hydrogen (secondary N) is 1. The first-order chi connectivity index (χ1) is 12.0. The van der Waals surface area contributed by atoms with Crippen LogP contribution < -0.4 is 11.0 Å². The van der Waals surface area contributed by atoms with E-state index in [4.69, 9.17) is 11.6 Å². The van der Waals surface area contributed by atoms with Gasteiger partial charge in [-0.3, -0.25) is 13.9 Å². The quantitative estimate of drug-likeness (QED) is 0.785. The zero-order valence-corrected chi connectivity index (χ0v) is 14.6. The van der Waals surface area contributed by atoms with Gasteiger partial charge in [0.25, 0.3) is 0 Å². The molecule has 4 rings (SSSR count). The van der Waals surface area contributed by atoms with E-state index in [-0.39, 0.29) is 24.2 Å². The number of para-hydroxylation sites is 2. The molecular formula is C19H18ClN3O2. The summed E-state index contributed by atoms with van der Waals surface area (Å²) in [5.41, 5.74) is 3.70. The summed E-state index contributed by atoms with van der Waals surface area (Å²) in [4.78, 5) is 25.0. The Morgan fingerprint density at radius 3 is 2.80 bits per heavy atom. The van der Waals surface area contributed by atoms with Crippen molar-refractivity contribution in [1.82, 2.24) is 14.5 Å². The predicted molar refractivity (Wildman–Crippen MR) is 97.8 cm³/mol. The molecule has 1 heterocycles. The largest absolute Gasteiger partial charge is 0.348 e. The molecule has 1 aromatic heterocycles. The van der Waals surface area contributed by atoms with Gasteiger partial charge >= 0.3 is 5.69 Å². The van der Waals surface area contributed by atoms with E-state index in [9.17, 15) is 9.59 Å². The van der Waals surface area contributed by atoms with Crippen LogP contribution in [-0.2, 0) is 24.8 Å². The standard InChI is InChI=1S/C19H18ClN3O2/c1-22-16-4-2-3-5-17(16)23(19(22)25)11-18(24)21-15-9-6-12-10-13(20)7-8-14(12)15/h2-5,7-8,10,15H,6,9,11H2,1H3,(H,21,24). The number of benzene rings is 2. The van der Waals surface area contributed by atoms with Crippen molar-refractivity contribution >= 4 is 28.5 Å². The van der Waals surface area contributed by atoms with Crippen LogP contribution in [-0.4, -0.2) is 15.0 Å². The molecule has 0 saturated carbocycles. The van der Waals surface area contributed by atoms with Crippen molar-refractivity contribution in [2.75, 3.05) is 0 Å². The van der Waals surface area contributed by atoms with Crippen LogP contribution in [0, 0.1) is 0 Å². The Hall–Kier alpha value is -2.53. The van der Waals surface area contributed by atoms with Crippen LogP contribution in [0.15, 0.2) is 47.3 Å². The topological polar surface area (TPSA) is 56.0 Å². The highest BCUT2D eigenvalue weighted by molar-refractivity contribution is 6.30. The summed E-state index contributed by atoms with van der Waals surface area (Å²) < 4.78 is 3.08. The van der Waals surface area contributed by atoms with E-state index in [1.807, 2.05) is 42.5 Å². The summed E-state index contributed by atoms with van der Waals surface area (Å²) in [6.45, 7) is 0.0135. The number of hydrogen-bond acceptors (Lipinski definition) is 2. The molecule has 2 aromatic carbocycles. The summed E-state index contributed by atoms with van der Waals surface area (Å²) in [6.07, 6.45) is 1.75. The van der Waals surface area contributed by atoms with Gasteiger partial charge in [0.1, 0.15) is 6.54 Å². The number of carbonyl (C=O) groups excluding carboxylic acids is 1. The van der Waals surface area contributed by atoms with Gasteiger partial charge in [-0.1, -0.05) is 29.8 Å². The van der Waals surface area contributed by atoms with Gasteiger partial charge in [0.05, 0.1) is 17.1 Å². The summed E-state index contributed by atoms with van der Waals surface area (Å²) in [5.74, 6) is -0.161. The molecular weight excluding hydrogens is 338 g/mol. The smallest absolute Gasteiger partial charge is 0.329 e. The van der Waals surface area contributed by atoms with Crippen molar-refractivity contribution in [3.63, 3.8) is 0 Å². The number of rotatable bonds is 3. The number of halogens is 1. The van der Waals surface area contributed by atoms with Gasteiger partial charge in [0, 0.05) is 12.1 Å². The van der Waals surface area contributed by atoms with Gasteiger partial charge in [-0.2, -0.15) is 0 Å². The van der Waals surface area contributed by atoms with Gasteiger partial charge in [-0.15, -0.1) is 0 Å². The van der Waals surface area contributed by atoms with E-state index in [1.165, 1.54) is 10.1 Å². The second-order valence-corrected chi connectivity index (χ2v) is 6.85. The summed E-state index contributed by atoms with van der Waals surface area (Å²) in [6, 6.07) is 13.2. The van der Waals surface area contributed by atoms with E-state index in [2.05, 4.69) is 5.32 Å². The average molecular weight is 356 g/mol. The molecule has 0 spiro atoms. The average Bonchev–Trinajstić information content (AvgIpc) is 3.09. The highest BCUT2D eigenvalue weighted by atomic mass is 35.5. The summed E-state index contributed by atoms with van der Waals surface area (Å²) in [5, 5.41) is 3.77. The number of aryl methyl sites for hydroxylation is 2. The number of carbonyl (C=O) groups is 1. The van der Waals surface area contributed by atoms with Crippen LogP contribution in [0.3, 0.4) is 0 Å². The van der Waals surface area contributed by atoms with Crippen molar-refractivity contribution in [2.24, 2.45) is 7.05 Å². The maximum Gasteiger partial charge on any atom is 0.329 e. The molecule has 1 amide bonds. The lowest BCUT2D eigenvalue weighted by molar-refractivity contribution is -0.122. The zero-order chi connectivity index (χ0) is 17.6. The van der Waals surface area contributed by atoms with Gasteiger partial charge in [-0.05, 0) is 48.2 Å². The lowest BCUT2D eigenvalue weighted by Crippen LogP contribution is -2.34. The second-order valence-electron chi connectivity index (χ2n) is 6.42. The molecule has 1 aliphatic carbocycles. The number of hydrogen-bond donors (Lipinski definition) is 1. The van der Waals surface area contributed by atoms with Crippen LogP contribution >= 0.6 is 11.6 Å². The molecule has 6 heteroatoms. The van der Waals surface area contributed by atoms with E-state index >= 15 is 0 Å². The first-order valence-corrected chi connectivity index (χ1v) is 8.64.